The number of phenolic OH excluding ortho intramolecular Hbond substituents is 1. The zero-order valence-corrected chi connectivity index (χ0v) is 9.72. The van der Waals surface area contributed by atoms with Crippen molar-refractivity contribution in [1.82, 2.24) is 0 Å². The minimum absolute atomic E-state index is 0.265. The Morgan fingerprint density at radius 3 is 1.71 bits per heavy atom. The van der Waals surface area contributed by atoms with Crippen LogP contribution in [0.1, 0.15) is 5.56 Å². The van der Waals surface area contributed by atoms with Crippen LogP contribution in [0.15, 0.2) is 42.5 Å². The largest absolute Gasteiger partial charge is 0.508 e. The summed E-state index contributed by atoms with van der Waals surface area (Å²) in [5.74, 6) is 0.265. The molecule has 7 N–H and O–H groups in total. The lowest BCUT2D eigenvalue weighted by molar-refractivity contribution is 0.475. The summed E-state index contributed by atoms with van der Waals surface area (Å²) in [5.41, 5.74) is 19.2. The highest BCUT2D eigenvalue weighted by Crippen LogP contribution is 2.16. The normalized spacial score (nSPS) is 9.24. The van der Waals surface area contributed by atoms with E-state index in [-0.39, 0.29) is 5.75 Å². The zero-order valence-electron chi connectivity index (χ0n) is 9.72. The van der Waals surface area contributed by atoms with Crippen molar-refractivity contribution in [2.45, 2.75) is 6.92 Å². The predicted octanol–water partition coefficient (Wildman–Crippen LogP) is 2.13. The molecular weight excluding hydrogens is 214 g/mol. The van der Waals surface area contributed by atoms with Gasteiger partial charge in [0.25, 0.3) is 0 Å². The van der Waals surface area contributed by atoms with Gasteiger partial charge in [0.05, 0.1) is 11.4 Å². The molecule has 0 spiro atoms. The molecule has 0 saturated carbocycles. The number of nitrogens with two attached hydrogens (primary N) is 3. The van der Waals surface area contributed by atoms with E-state index in [4.69, 9.17) is 22.3 Å². The van der Waals surface area contributed by atoms with E-state index < -0.39 is 0 Å². The third kappa shape index (κ3) is 3.95. The average molecular weight is 231 g/mol. The van der Waals surface area contributed by atoms with Crippen LogP contribution in [0, 0.1) is 6.92 Å². The van der Waals surface area contributed by atoms with Crippen molar-refractivity contribution in [3.8, 4) is 5.75 Å². The van der Waals surface area contributed by atoms with Crippen molar-refractivity contribution >= 4 is 17.1 Å². The number of benzene rings is 2. The van der Waals surface area contributed by atoms with E-state index in [1.54, 1.807) is 30.3 Å². The second kappa shape index (κ2) is 5.65. The summed E-state index contributed by atoms with van der Waals surface area (Å²) in [6.07, 6.45) is 0. The number of nitrogen functional groups attached to an aromatic ring is 3. The van der Waals surface area contributed by atoms with Gasteiger partial charge in [0.2, 0.25) is 0 Å². The summed E-state index contributed by atoms with van der Waals surface area (Å²) in [6.45, 7) is 1.86. The van der Waals surface area contributed by atoms with Gasteiger partial charge in [-0.15, -0.1) is 0 Å². The topological polar surface area (TPSA) is 98.3 Å². The Morgan fingerprint density at radius 2 is 1.35 bits per heavy atom. The minimum atomic E-state index is 0.265. The molecule has 2 rings (SSSR count). The Labute approximate surface area is 101 Å². The molecule has 4 heteroatoms. The molecule has 0 aliphatic rings. The van der Waals surface area contributed by atoms with E-state index >= 15 is 0 Å². The average Bonchev–Trinajstić information content (AvgIpc) is 2.29. The van der Waals surface area contributed by atoms with Crippen molar-refractivity contribution in [3.63, 3.8) is 0 Å². The molecule has 90 valence electrons. The van der Waals surface area contributed by atoms with Crippen molar-refractivity contribution < 1.29 is 5.11 Å². The molecule has 0 heterocycles. The van der Waals surface area contributed by atoms with Gasteiger partial charge < -0.3 is 22.3 Å². The predicted molar refractivity (Wildman–Crippen MR) is 72.5 cm³/mol. The maximum atomic E-state index is 8.88. The minimum Gasteiger partial charge on any atom is -0.508 e. The Morgan fingerprint density at radius 1 is 0.824 bits per heavy atom. The molecular formula is C13H17N3O. The maximum absolute atomic E-state index is 8.88. The van der Waals surface area contributed by atoms with Gasteiger partial charge in [-0.2, -0.15) is 0 Å². The highest BCUT2D eigenvalue weighted by Gasteiger charge is 1.91. The molecule has 0 aliphatic heterocycles. The SMILES string of the molecule is Cc1cc(O)ccc1N.Nc1ccccc1N. The Bertz CT molecular complexity index is 477. The van der Waals surface area contributed by atoms with Crippen molar-refractivity contribution in [2.75, 3.05) is 17.2 Å². The summed E-state index contributed by atoms with van der Waals surface area (Å²) in [7, 11) is 0. The summed E-state index contributed by atoms with van der Waals surface area (Å²) >= 11 is 0. The second-order valence-electron chi connectivity index (χ2n) is 3.67. The molecule has 0 aromatic heterocycles. The van der Waals surface area contributed by atoms with Gasteiger partial charge in [0, 0.05) is 5.69 Å². The number of para-hydroxylation sites is 2. The molecule has 0 saturated heterocycles. The summed E-state index contributed by atoms with van der Waals surface area (Å²) < 4.78 is 0. The van der Waals surface area contributed by atoms with Crippen LogP contribution >= 0.6 is 0 Å². The van der Waals surface area contributed by atoms with Gasteiger partial charge in [-0.05, 0) is 42.8 Å². The van der Waals surface area contributed by atoms with Gasteiger partial charge in [0.15, 0.2) is 0 Å². The quantitative estimate of drug-likeness (QED) is 0.412. The van der Waals surface area contributed by atoms with Crippen LogP contribution in [-0.4, -0.2) is 5.11 Å². The fourth-order valence-corrected chi connectivity index (χ4v) is 1.17. The number of anilines is 3. The van der Waals surface area contributed by atoms with Crippen LogP contribution in [0.25, 0.3) is 0 Å². The second-order valence-corrected chi connectivity index (χ2v) is 3.67. The van der Waals surface area contributed by atoms with Crippen molar-refractivity contribution in [2.24, 2.45) is 0 Å². The standard InChI is InChI=1S/C7H9NO.C6H8N2/c1-5-4-6(9)2-3-7(5)8;7-5-3-1-2-4-6(5)8/h2-4,9H,8H2,1H3;1-4H,7-8H2. The Hall–Kier alpha value is -2.36. The number of aromatic hydroxyl groups is 1. The molecule has 0 amide bonds. The first-order valence-electron chi connectivity index (χ1n) is 5.16. The number of hydrogen-bond acceptors (Lipinski definition) is 4. The van der Waals surface area contributed by atoms with Crippen molar-refractivity contribution in [3.05, 3.63) is 48.0 Å². The summed E-state index contributed by atoms with van der Waals surface area (Å²) in [4.78, 5) is 0. The van der Waals surface area contributed by atoms with Gasteiger partial charge in [-0.3, -0.25) is 0 Å². The van der Waals surface area contributed by atoms with Crippen LogP contribution < -0.4 is 17.2 Å². The van der Waals surface area contributed by atoms with Crippen molar-refractivity contribution in [1.29, 1.82) is 0 Å². The lowest BCUT2D eigenvalue weighted by Crippen LogP contribution is -1.91. The lowest BCUT2D eigenvalue weighted by Gasteiger charge is -1.97. The molecule has 4 nitrogen and oxygen atoms in total. The van der Waals surface area contributed by atoms with E-state index in [1.165, 1.54) is 0 Å². The number of hydrogen-bond donors (Lipinski definition) is 4. The van der Waals surface area contributed by atoms with Gasteiger partial charge in [0.1, 0.15) is 5.75 Å². The molecule has 0 aliphatic carbocycles. The van der Waals surface area contributed by atoms with E-state index in [9.17, 15) is 0 Å². The number of rotatable bonds is 0. The van der Waals surface area contributed by atoms with Crippen LogP contribution in [-0.2, 0) is 0 Å². The molecule has 17 heavy (non-hydrogen) atoms. The van der Waals surface area contributed by atoms with Gasteiger partial charge >= 0.3 is 0 Å². The molecule has 0 bridgehead atoms. The monoisotopic (exact) mass is 231 g/mol. The molecule has 0 atom stereocenters. The number of phenols is 1. The highest BCUT2D eigenvalue weighted by molar-refractivity contribution is 5.62. The smallest absolute Gasteiger partial charge is 0.115 e. The summed E-state index contributed by atoms with van der Waals surface area (Å²) in [5, 5.41) is 8.88. The van der Waals surface area contributed by atoms with E-state index in [2.05, 4.69) is 0 Å². The maximum Gasteiger partial charge on any atom is 0.115 e. The number of aryl methyl sites for hydroxylation is 1. The van der Waals surface area contributed by atoms with E-state index in [1.807, 2.05) is 19.1 Å². The molecule has 0 radical (unpaired) electrons. The van der Waals surface area contributed by atoms with Gasteiger partial charge in [-0.25, -0.2) is 0 Å². The fraction of sp³-hybridized carbons (Fsp3) is 0.0769. The van der Waals surface area contributed by atoms with Crippen LogP contribution in [0.4, 0.5) is 17.1 Å². The third-order valence-electron chi connectivity index (χ3n) is 2.25. The lowest BCUT2D eigenvalue weighted by atomic mass is 10.2. The first-order chi connectivity index (χ1) is 8.00. The third-order valence-corrected chi connectivity index (χ3v) is 2.25. The molecule has 2 aromatic rings. The molecule has 0 fully saturated rings. The highest BCUT2D eigenvalue weighted by atomic mass is 16.3. The Balaban J connectivity index is 0.000000171. The first-order valence-corrected chi connectivity index (χ1v) is 5.16. The van der Waals surface area contributed by atoms with E-state index in [0.717, 1.165) is 5.56 Å². The Kier molecular flexibility index (Phi) is 4.22. The van der Waals surface area contributed by atoms with Crippen LogP contribution in [0.3, 0.4) is 0 Å². The van der Waals surface area contributed by atoms with E-state index in [0.29, 0.717) is 17.1 Å². The fourth-order valence-electron chi connectivity index (χ4n) is 1.17. The zero-order chi connectivity index (χ0) is 12.8. The van der Waals surface area contributed by atoms with Crippen LogP contribution in [0.2, 0.25) is 0 Å². The van der Waals surface area contributed by atoms with Crippen LogP contribution in [0.5, 0.6) is 5.75 Å². The van der Waals surface area contributed by atoms with Gasteiger partial charge in [-0.1, -0.05) is 12.1 Å². The first kappa shape index (κ1) is 12.7. The summed E-state index contributed by atoms with van der Waals surface area (Å²) in [6, 6.07) is 12.1. The molecule has 2 aromatic carbocycles. The molecule has 0 unspecified atom stereocenters.